The van der Waals surface area contributed by atoms with E-state index >= 15 is 0 Å². The number of rotatable bonds is 2. The van der Waals surface area contributed by atoms with Gasteiger partial charge in [0.25, 0.3) is 0 Å². The zero-order valence-electron chi connectivity index (χ0n) is 11.1. The minimum Gasteiger partial charge on any atom is -0.399 e. The van der Waals surface area contributed by atoms with Gasteiger partial charge in [-0.15, -0.1) is 10.2 Å². The van der Waals surface area contributed by atoms with Crippen LogP contribution in [0.5, 0.6) is 0 Å². The van der Waals surface area contributed by atoms with Crippen molar-refractivity contribution in [3.05, 3.63) is 29.1 Å². The Balaban J connectivity index is 2.21. The van der Waals surface area contributed by atoms with Crippen LogP contribution < -0.4 is 5.73 Å². The quantitative estimate of drug-likeness (QED) is 0.729. The number of aromatic nitrogens is 4. The van der Waals surface area contributed by atoms with E-state index in [2.05, 4.69) is 29.1 Å². The minimum atomic E-state index is 0.764. The molecule has 1 aromatic carbocycles. The normalized spacial score (nSPS) is 11.3. The zero-order chi connectivity index (χ0) is 13.6. The van der Waals surface area contributed by atoms with Gasteiger partial charge in [0.1, 0.15) is 5.01 Å². The smallest absolute Gasteiger partial charge is 0.234 e. The summed E-state index contributed by atoms with van der Waals surface area (Å²) >= 11 is 1.54. The van der Waals surface area contributed by atoms with E-state index in [0.717, 1.165) is 33.5 Å². The third-order valence-corrected chi connectivity index (χ3v) is 4.22. The molecule has 19 heavy (non-hydrogen) atoms. The van der Waals surface area contributed by atoms with Gasteiger partial charge in [-0.25, -0.2) is 0 Å². The predicted molar refractivity (Wildman–Crippen MR) is 77.4 cm³/mol. The molecule has 0 aliphatic carbocycles. The molecule has 3 aromatic rings. The van der Waals surface area contributed by atoms with Crippen LogP contribution in [0, 0.1) is 13.8 Å². The maximum Gasteiger partial charge on any atom is 0.234 e. The number of benzene rings is 1. The molecule has 0 saturated carbocycles. The summed E-state index contributed by atoms with van der Waals surface area (Å²) in [7, 11) is 0. The van der Waals surface area contributed by atoms with E-state index in [0.29, 0.717) is 0 Å². The van der Waals surface area contributed by atoms with E-state index in [1.807, 2.05) is 23.6 Å². The first kappa shape index (κ1) is 12.1. The van der Waals surface area contributed by atoms with Crippen LogP contribution in [0.4, 0.5) is 5.69 Å². The Morgan fingerprint density at radius 3 is 2.79 bits per heavy atom. The first-order valence-electron chi connectivity index (χ1n) is 6.18. The SMILES string of the molecule is CCc1nnc2sc(-c3cc(N)cc(C)c3C)nn12. The van der Waals surface area contributed by atoms with Crippen LogP contribution in [0.2, 0.25) is 0 Å². The summed E-state index contributed by atoms with van der Waals surface area (Å²) in [5.74, 6) is 0.885. The van der Waals surface area contributed by atoms with Crippen LogP contribution in [0.1, 0.15) is 23.9 Å². The molecule has 0 atom stereocenters. The molecule has 3 rings (SSSR count). The molecule has 0 bridgehead atoms. The molecule has 0 aliphatic heterocycles. The van der Waals surface area contributed by atoms with E-state index in [1.54, 1.807) is 11.3 Å². The molecule has 0 unspecified atom stereocenters. The van der Waals surface area contributed by atoms with Gasteiger partial charge in [0.2, 0.25) is 4.96 Å². The summed E-state index contributed by atoms with van der Waals surface area (Å²) < 4.78 is 1.82. The maximum atomic E-state index is 5.93. The third-order valence-electron chi connectivity index (χ3n) is 3.29. The summed E-state index contributed by atoms with van der Waals surface area (Å²) in [5.41, 5.74) is 10.2. The summed E-state index contributed by atoms with van der Waals surface area (Å²) in [5, 5.41) is 13.8. The number of nitrogens with two attached hydrogens (primary N) is 1. The van der Waals surface area contributed by atoms with Gasteiger partial charge in [-0.3, -0.25) is 0 Å². The van der Waals surface area contributed by atoms with Crippen LogP contribution in [-0.2, 0) is 6.42 Å². The summed E-state index contributed by atoms with van der Waals surface area (Å²) in [6.07, 6.45) is 0.819. The molecule has 0 fully saturated rings. The number of aryl methyl sites for hydroxylation is 2. The number of fused-ring (bicyclic) bond motifs is 1. The average molecular weight is 273 g/mol. The van der Waals surface area contributed by atoms with E-state index in [1.165, 1.54) is 11.1 Å². The summed E-state index contributed by atoms with van der Waals surface area (Å²) in [6, 6.07) is 3.95. The van der Waals surface area contributed by atoms with Gasteiger partial charge >= 0.3 is 0 Å². The second-order valence-electron chi connectivity index (χ2n) is 4.58. The van der Waals surface area contributed by atoms with Crippen molar-refractivity contribution in [2.24, 2.45) is 0 Å². The fourth-order valence-electron chi connectivity index (χ4n) is 2.10. The summed E-state index contributed by atoms with van der Waals surface area (Å²) in [6.45, 7) is 6.20. The zero-order valence-corrected chi connectivity index (χ0v) is 12.0. The van der Waals surface area contributed by atoms with Crippen molar-refractivity contribution in [3.63, 3.8) is 0 Å². The van der Waals surface area contributed by atoms with Gasteiger partial charge in [-0.1, -0.05) is 18.3 Å². The number of hydrogen-bond acceptors (Lipinski definition) is 5. The Bertz CT molecular complexity index is 756. The topological polar surface area (TPSA) is 69.1 Å². The van der Waals surface area contributed by atoms with E-state index in [4.69, 9.17) is 5.73 Å². The first-order valence-corrected chi connectivity index (χ1v) is 7.00. The van der Waals surface area contributed by atoms with Crippen molar-refractivity contribution in [1.82, 2.24) is 19.8 Å². The standard InChI is InChI=1S/C13H15N5S/c1-4-11-15-16-13-18(11)17-12(19-13)10-6-9(14)5-7(2)8(10)3/h5-6H,4,14H2,1-3H3. The average Bonchev–Trinajstić information content (AvgIpc) is 2.93. The van der Waals surface area contributed by atoms with Crippen LogP contribution in [0.3, 0.4) is 0 Å². The van der Waals surface area contributed by atoms with Crippen molar-refractivity contribution >= 4 is 22.0 Å². The monoisotopic (exact) mass is 273 g/mol. The first-order chi connectivity index (χ1) is 9.10. The fourth-order valence-corrected chi connectivity index (χ4v) is 3.03. The van der Waals surface area contributed by atoms with E-state index in [9.17, 15) is 0 Å². The van der Waals surface area contributed by atoms with Crippen LogP contribution >= 0.6 is 11.3 Å². The van der Waals surface area contributed by atoms with Crippen LogP contribution in [0.15, 0.2) is 12.1 Å². The molecule has 0 spiro atoms. The van der Waals surface area contributed by atoms with Crippen molar-refractivity contribution in [2.75, 3.05) is 5.73 Å². The van der Waals surface area contributed by atoms with Crippen molar-refractivity contribution in [1.29, 1.82) is 0 Å². The molecule has 6 heteroatoms. The van der Waals surface area contributed by atoms with Crippen molar-refractivity contribution in [2.45, 2.75) is 27.2 Å². The lowest BCUT2D eigenvalue weighted by Gasteiger charge is -2.07. The second-order valence-corrected chi connectivity index (χ2v) is 5.54. The largest absolute Gasteiger partial charge is 0.399 e. The fraction of sp³-hybridized carbons (Fsp3) is 0.308. The Hall–Kier alpha value is -1.95. The number of anilines is 1. The predicted octanol–water partition coefficient (Wildman–Crippen LogP) is 2.61. The molecule has 0 radical (unpaired) electrons. The lowest BCUT2D eigenvalue weighted by molar-refractivity contribution is 0.837. The van der Waals surface area contributed by atoms with Crippen LogP contribution in [-0.4, -0.2) is 19.8 Å². The van der Waals surface area contributed by atoms with Crippen LogP contribution in [0.25, 0.3) is 15.5 Å². The Morgan fingerprint density at radius 1 is 1.26 bits per heavy atom. The molecule has 98 valence electrons. The second kappa shape index (κ2) is 4.31. The van der Waals surface area contributed by atoms with Gasteiger partial charge in [0.15, 0.2) is 5.82 Å². The number of nitrogens with zero attached hydrogens (tertiary/aromatic N) is 4. The molecule has 0 aliphatic rings. The van der Waals surface area contributed by atoms with E-state index in [-0.39, 0.29) is 0 Å². The van der Waals surface area contributed by atoms with E-state index < -0.39 is 0 Å². The molecule has 5 nitrogen and oxygen atoms in total. The maximum absolute atomic E-state index is 5.93. The highest BCUT2D eigenvalue weighted by molar-refractivity contribution is 7.19. The lowest BCUT2D eigenvalue weighted by atomic mass is 10.0. The van der Waals surface area contributed by atoms with Crippen molar-refractivity contribution < 1.29 is 0 Å². The number of nitrogen functional groups attached to an aromatic ring is 1. The van der Waals surface area contributed by atoms with Gasteiger partial charge in [0.05, 0.1) is 0 Å². The highest BCUT2D eigenvalue weighted by atomic mass is 32.1. The molecular weight excluding hydrogens is 258 g/mol. The lowest BCUT2D eigenvalue weighted by Crippen LogP contribution is -1.95. The molecule has 2 N–H and O–H groups in total. The van der Waals surface area contributed by atoms with Gasteiger partial charge in [-0.2, -0.15) is 9.61 Å². The molecule has 0 amide bonds. The Labute approximate surface area is 115 Å². The minimum absolute atomic E-state index is 0.764. The summed E-state index contributed by atoms with van der Waals surface area (Å²) in [4.78, 5) is 0.825. The van der Waals surface area contributed by atoms with Gasteiger partial charge in [-0.05, 0) is 37.1 Å². The molecular formula is C13H15N5S. The Kier molecular flexibility index (Phi) is 2.74. The highest BCUT2D eigenvalue weighted by Crippen LogP contribution is 2.31. The molecule has 2 heterocycles. The van der Waals surface area contributed by atoms with Gasteiger partial charge in [0, 0.05) is 17.7 Å². The van der Waals surface area contributed by atoms with Crippen molar-refractivity contribution in [3.8, 4) is 10.6 Å². The van der Waals surface area contributed by atoms with Gasteiger partial charge < -0.3 is 5.73 Å². The molecule has 0 saturated heterocycles. The third kappa shape index (κ3) is 1.88. The molecule has 2 aromatic heterocycles. The highest BCUT2D eigenvalue weighted by Gasteiger charge is 2.14. The Morgan fingerprint density at radius 2 is 2.05 bits per heavy atom. The number of hydrogen-bond donors (Lipinski definition) is 1.